The minimum atomic E-state index is -0.369. The molecule has 2 bridgehead atoms. The number of hydrogen-bond donors (Lipinski definition) is 0. The van der Waals surface area contributed by atoms with E-state index in [2.05, 4.69) is 116 Å². The minimum Gasteiger partial charge on any atom is -0.399 e. The summed E-state index contributed by atoms with van der Waals surface area (Å²) in [5.41, 5.74) is 8.95. The Morgan fingerprint density at radius 1 is 0.447 bits per heavy atom. The average molecular weight is 506 g/mol. The van der Waals surface area contributed by atoms with E-state index in [4.69, 9.17) is 18.6 Å². The molecule has 0 N–H and O–H groups in total. The summed E-state index contributed by atoms with van der Waals surface area (Å²) < 4.78 is 25.7. The summed E-state index contributed by atoms with van der Waals surface area (Å²) in [7, 11) is -0.738. The van der Waals surface area contributed by atoms with Gasteiger partial charge in [0.15, 0.2) is 0 Å². The SMILES string of the molecule is CC1(C)OB(c2ccc3c(c2)C2c4ccccc4C3c3cc(B4OC(C)(C)C(C)(C)O4)ccc32)OC1(C)C. The summed E-state index contributed by atoms with van der Waals surface area (Å²) in [6, 6.07) is 22.6. The van der Waals surface area contributed by atoms with Crippen molar-refractivity contribution in [2.75, 3.05) is 0 Å². The molecule has 8 rings (SSSR count). The zero-order valence-corrected chi connectivity index (χ0v) is 23.7. The van der Waals surface area contributed by atoms with E-state index in [1.165, 1.54) is 33.4 Å². The highest BCUT2D eigenvalue weighted by Crippen LogP contribution is 2.55. The van der Waals surface area contributed by atoms with E-state index in [1.54, 1.807) is 0 Å². The predicted octanol–water partition coefficient (Wildman–Crippen LogP) is 5.27. The van der Waals surface area contributed by atoms with E-state index in [9.17, 15) is 0 Å². The molecule has 2 aliphatic heterocycles. The topological polar surface area (TPSA) is 36.9 Å². The summed E-state index contributed by atoms with van der Waals surface area (Å²) in [6.07, 6.45) is 0. The van der Waals surface area contributed by atoms with Crippen LogP contribution in [0.5, 0.6) is 0 Å². The zero-order chi connectivity index (χ0) is 26.8. The van der Waals surface area contributed by atoms with Crippen molar-refractivity contribution in [3.8, 4) is 0 Å². The molecular weight excluding hydrogens is 470 g/mol. The summed E-state index contributed by atoms with van der Waals surface area (Å²) >= 11 is 0. The van der Waals surface area contributed by atoms with Gasteiger partial charge < -0.3 is 18.6 Å². The van der Waals surface area contributed by atoms with Gasteiger partial charge in [0, 0.05) is 11.8 Å². The second-order valence-electron chi connectivity index (χ2n) is 13.4. The highest BCUT2D eigenvalue weighted by atomic mass is 16.7. The molecule has 2 atom stereocenters. The molecular formula is C32H36B2O4. The Kier molecular flexibility index (Phi) is 4.95. The molecule has 6 heteroatoms. The van der Waals surface area contributed by atoms with Crippen LogP contribution >= 0.6 is 0 Å². The molecule has 2 unspecified atom stereocenters. The van der Waals surface area contributed by atoms with Crippen molar-refractivity contribution in [1.29, 1.82) is 0 Å². The fourth-order valence-electron chi connectivity index (χ4n) is 6.51. The molecule has 4 nitrogen and oxygen atoms in total. The van der Waals surface area contributed by atoms with E-state index < -0.39 is 0 Å². The first-order valence-corrected chi connectivity index (χ1v) is 13.9. The lowest BCUT2D eigenvalue weighted by atomic mass is 9.59. The molecule has 194 valence electrons. The maximum absolute atomic E-state index is 6.42. The smallest absolute Gasteiger partial charge is 0.399 e. The first-order chi connectivity index (χ1) is 17.8. The van der Waals surface area contributed by atoms with Gasteiger partial charge in [0.1, 0.15) is 0 Å². The van der Waals surface area contributed by atoms with Gasteiger partial charge in [-0.15, -0.1) is 0 Å². The van der Waals surface area contributed by atoms with Crippen LogP contribution in [-0.4, -0.2) is 36.6 Å². The van der Waals surface area contributed by atoms with Crippen LogP contribution in [0.1, 0.15) is 101 Å². The van der Waals surface area contributed by atoms with Crippen molar-refractivity contribution in [3.05, 3.63) is 94.0 Å². The van der Waals surface area contributed by atoms with Gasteiger partial charge in [0.2, 0.25) is 0 Å². The van der Waals surface area contributed by atoms with Gasteiger partial charge in [-0.1, -0.05) is 60.7 Å². The highest BCUT2D eigenvalue weighted by molar-refractivity contribution is 6.62. The summed E-state index contributed by atoms with van der Waals surface area (Å²) in [6.45, 7) is 16.9. The monoisotopic (exact) mass is 506 g/mol. The van der Waals surface area contributed by atoms with E-state index in [0.717, 1.165) is 10.9 Å². The van der Waals surface area contributed by atoms with E-state index >= 15 is 0 Å². The molecule has 0 aromatic heterocycles. The van der Waals surface area contributed by atoms with Crippen LogP contribution in [0.2, 0.25) is 0 Å². The molecule has 2 heterocycles. The van der Waals surface area contributed by atoms with E-state index in [0.29, 0.717) is 0 Å². The van der Waals surface area contributed by atoms with Gasteiger partial charge in [-0.25, -0.2) is 0 Å². The minimum absolute atomic E-state index is 0.177. The van der Waals surface area contributed by atoms with Crippen molar-refractivity contribution in [2.45, 2.75) is 89.6 Å². The van der Waals surface area contributed by atoms with Crippen molar-refractivity contribution in [2.24, 2.45) is 0 Å². The third-order valence-electron chi connectivity index (χ3n) is 10.1. The lowest BCUT2D eigenvalue weighted by Gasteiger charge is -2.42. The standard InChI is InChI=1S/C32H36B2O4/c1-29(2)30(3,4)36-33(35-29)19-13-15-23-25(17-19)27-21-11-9-10-12-22(21)28(23)26-18-20(14-16-24(26)27)34-37-31(5,6)32(7,8)38-34/h9-18,27-28H,1-8H3. The van der Waals surface area contributed by atoms with Gasteiger partial charge in [0.25, 0.3) is 0 Å². The molecule has 5 aliphatic rings. The van der Waals surface area contributed by atoms with Crippen molar-refractivity contribution in [3.63, 3.8) is 0 Å². The van der Waals surface area contributed by atoms with Crippen LogP contribution in [0.25, 0.3) is 0 Å². The molecule has 3 aromatic rings. The second kappa shape index (κ2) is 7.63. The molecule has 3 aliphatic carbocycles. The molecule has 0 amide bonds. The zero-order valence-electron chi connectivity index (χ0n) is 23.7. The van der Waals surface area contributed by atoms with E-state index in [-0.39, 0.29) is 48.5 Å². The molecule has 0 spiro atoms. The Morgan fingerprint density at radius 3 is 1.11 bits per heavy atom. The number of benzene rings is 3. The molecule has 0 saturated carbocycles. The predicted molar refractivity (Wildman–Crippen MR) is 153 cm³/mol. The molecule has 2 saturated heterocycles. The fourth-order valence-corrected chi connectivity index (χ4v) is 6.51. The van der Waals surface area contributed by atoms with Crippen LogP contribution in [0.4, 0.5) is 0 Å². The Hall–Kier alpha value is -2.37. The van der Waals surface area contributed by atoms with Crippen LogP contribution in [-0.2, 0) is 18.6 Å². The first-order valence-electron chi connectivity index (χ1n) is 13.9. The maximum atomic E-state index is 6.42. The van der Waals surface area contributed by atoms with Crippen molar-refractivity contribution in [1.82, 2.24) is 0 Å². The van der Waals surface area contributed by atoms with Crippen LogP contribution in [0.15, 0.2) is 60.7 Å². The Morgan fingerprint density at radius 2 is 0.763 bits per heavy atom. The van der Waals surface area contributed by atoms with Gasteiger partial charge in [-0.2, -0.15) is 0 Å². The van der Waals surface area contributed by atoms with Crippen molar-refractivity contribution >= 4 is 25.2 Å². The lowest BCUT2D eigenvalue weighted by Crippen LogP contribution is -2.41. The Labute approximate surface area is 227 Å². The van der Waals surface area contributed by atoms with Gasteiger partial charge in [-0.05, 0) is 99.7 Å². The van der Waals surface area contributed by atoms with Gasteiger partial charge >= 0.3 is 14.2 Å². The van der Waals surface area contributed by atoms with Gasteiger partial charge in [0.05, 0.1) is 22.4 Å². The molecule has 0 radical (unpaired) electrons. The first kappa shape index (κ1) is 24.7. The number of rotatable bonds is 2. The van der Waals surface area contributed by atoms with Crippen molar-refractivity contribution < 1.29 is 18.6 Å². The molecule has 38 heavy (non-hydrogen) atoms. The largest absolute Gasteiger partial charge is 0.494 e. The fraction of sp³-hybridized carbons (Fsp3) is 0.438. The summed E-state index contributed by atoms with van der Waals surface area (Å²) in [5.74, 6) is 0.354. The number of hydrogen-bond acceptors (Lipinski definition) is 4. The van der Waals surface area contributed by atoms with Crippen LogP contribution in [0, 0.1) is 0 Å². The Bertz CT molecular complexity index is 1330. The highest BCUT2D eigenvalue weighted by Gasteiger charge is 2.53. The summed E-state index contributed by atoms with van der Waals surface area (Å²) in [4.78, 5) is 0. The van der Waals surface area contributed by atoms with Gasteiger partial charge in [-0.3, -0.25) is 0 Å². The second-order valence-corrected chi connectivity index (χ2v) is 13.4. The normalized spacial score (nSPS) is 26.7. The third kappa shape index (κ3) is 3.27. The molecule has 2 fully saturated rings. The lowest BCUT2D eigenvalue weighted by molar-refractivity contribution is 0.00578. The Balaban J connectivity index is 1.32. The third-order valence-corrected chi connectivity index (χ3v) is 10.1. The van der Waals surface area contributed by atoms with E-state index in [1.807, 2.05) is 0 Å². The van der Waals surface area contributed by atoms with Crippen LogP contribution in [0.3, 0.4) is 0 Å². The quantitative estimate of drug-likeness (QED) is 0.306. The van der Waals surface area contributed by atoms with Crippen LogP contribution < -0.4 is 10.9 Å². The summed E-state index contributed by atoms with van der Waals surface area (Å²) in [5, 5.41) is 0. The molecule has 3 aromatic carbocycles. The average Bonchev–Trinajstić information content (AvgIpc) is 3.22. The maximum Gasteiger partial charge on any atom is 0.494 e.